The Balaban J connectivity index is 2.95. The molecule has 2 heteroatoms. The smallest absolute Gasteiger partial charge is 0.0423 e. The Morgan fingerprint density at radius 2 is 1.87 bits per heavy atom. The van der Waals surface area contributed by atoms with E-state index in [4.69, 9.17) is 29.6 Å². The fourth-order valence-corrected chi connectivity index (χ4v) is 2.23. The zero-order chi connectivity index (χ0) is 11.3. The zero-order valence-electron chi connectivity index (χ0n) is 8.76. The molecule has 0 amide bonds. The first-order valence-corrected chi connectivity index (χ1v) is 5.82. The van der Waals surface area contributed by atoms with Crippen molar-refractivity contribution in [2.45, 2.75) is 32.1 Å². The Bertz CT molecular complexity index is 343. The van der Waals surface area contributed by atoms with E-state index in [1.54, 1.807) is 6.07 Å². The average molecular weight is 241 g/mol. The molecule has 0 fully saturated rings. The summed E-state index contributed by atoms with van der Waals surface area (Å²) in [4.78, 5) is 0. The molecule has 0 bridgehead atoms. The van der Waals surface area contributed by atoms with E-state index in [0.29, 0.717) is 16.0 Å². The van der Waals surface area contributed by atoms with Gasteiger partial charge in [-0.25, -0.2) is 0 Å². The molecule has 0 aromatic heterocycles. The molecule has 1 aromatic carbocycles. The fraction of sp³-hybridized carbons (Fsp3) is 0.385. The van der Waals surface area contributed by atoms with Gasteiger partial charge in [-0.15, -0.1) is 12.3 Å². The van der Waals surface area contributed by atoms with Gasteiger partial charge in [0.1, 0.15) is 0 Å². The molecular weight excluding hydrogens is 227 g/mol. The molecule has 0 radical (unpaired) electrons. The van der Waals surface area contributed by atoms with E-state index in [0.717, 1.165) is 24.8 Å². The summed E-state index contributed by atoms with van der Waals surface area (Å²) < 4.78 is 0. The van der Waals surface area contributed by atoms with E-state index in [2.05, 4.69) is 12.8 Å². The number of benzene rings is 1. The van der Waals surface area contributed by atoms with E-state index in [9.17, 15) is 0 Å². The molecule has 0 aliphatic rings. The zero-order valence-corrected chi connectivity index (χ0v) is 10.3. The summed E-state index contributed by atoms with van der Waals surface area (Å²) >= 11 is 11.9. The third-order valence-electron chi connectivity index (χ3n) is 2.36. The summed E-state index contributed by atoms with van der Waals surface area (Å²) in [7, 11) is 0. The van der Waals surface area contributed by atoms with Gasteiger partial charge in [0.15, 0.2) is 0 Å². The van der Waals surface area contributed by atoms with Gasteiger partial charge in [-0.2, -0.15) is 0 Å². The monoisotopic (exact) mass is 240 g/mol. The molecule has 0 spiro atoms. The van der Waals surface area contributed by atoms with Crippen molar-refractivity contribution >= 4 is 23.2 Å². The number of hydrogen-bond acceptors (Lipinski definition) is 0. The summed E-state index contributed by atoms with van der Waals surface area (Å²) in [6.07, 6.45) is 8.28. The molecule has 0 N–H and O–H groups in total. The summed E-state index contributed by atoms with van der Waals surface area (Å²) in [5.74, 6) is 3.08. The molecule has 0 nitrogen and oxygen atoms in total. The lowest BCUT2D eigenvalue weighted by Crippen LogP contribution is -1.97. The Kier molecular flexibility index (Phi) is 5.02. The van der Waals surface area contributed by atoms with Crippen LogP contribution in [0.1, 0.15) is 37.7 Å². The Morgan fingerprint density at radius 1 is 1.27 bits per heavy atom. The molecule has 1 aromatic rings. The molecule has 0 heterocycles. The summed E-state index contributed by atoms with van der Waals surface area (Å²) in [6, 6.07) is 5.64. The Morgan fingerprint density at radius 3 is 2.33 bits per heavy atom. The quantitative estimate of drug-likeness (QED) is 0.657. The molecule has 0 saturated heterocycles. The van der Waals surface area contributed by atoms with Gasteiger partial charge in [0.25, 0.3) is 0 Å². The molecule has 1 rings (SSSR count). The molecule has 0 aliphatic heterocycles. The molecule has 1 unspecified atom stereocenters. The van der Waals surface area contributed by atoms with Crippen LogP contribution in [-0.2, 0) is 0 Å². The average Bonchev–Trinajstić information content (AvgIpc) is 2.16. The number of rotatable bonds is 4. The molecule has 0 saturated carbocycles. The molecular formula is C13H14Cl2. The minimum atomic E-state index is 0.371. The van der Waals surface area contributed by atoms with Crippen molar-refractivity contribution in [3.63, 3.8) is 0 Å². The van der Waals surface area contributed by atoms with Crippen molar-refractivity contribution in [3.05, 3.63) is 33.8 Å². The van der Waals surface area contributed by atoms with Crippen molar-refractivity contribution in [2.75, 3.05) is 0 Å². The predicted octanol–water partition coefficient (Wildman–Crippen LogP) is 4.90. The van der Waals surface area contributed by atoms with Gasteiger partial charge in [-0.3, -0.25) is 0 Å². The highest BCUT2D eigenvalue weighted by Gasteiger charge is 2.10. The lowest BCUT2D eigenvalue weighted by molar-refractivity contribution is 0.628. The second-order valence-electron chi connectivity index (χ2n) is 3.60. The normalized spacial score (nSPS) is 12.1. The third kappa shape index (κ3) is 3.78. The van der Waals surface area contributed by atoms with Crippen LogP contribution in [0.3, 0.4) is 0 Å². The van der Waals surface area contributed by atoms with Crippen LogP contribution in [0.4, 0.5) is 0 Å². The van der Waals surface area contributed by atoms with Gasteiger partial charge >= 0.3 is 0 Å². The molecule has 15 heavy (non-hydrogen) atoms. The van der Waals surface area contributed by atoms with E-state index in [-0.39, 0.29) is 0 Å². The van der Waals surface area contributed by atoms with E-state index < -0.39 is 0 Å². The van der Waals surface area contributed by atoms with Crippen LogP contribution in [-0.4, -0.2) is 0 Å². The Labute approximate surface area is 102 Å². The number of hydrogen-bond donors (Lipinski definition) is 0. The first-order valence-electron chi connectivity index (χ1n) is 5.06. The van der Waals surface area contributed by atoms with Crippen molar-refractivity contribution in [3.8, 4) is 12.3 Å². The van der Waals surface area contributed by atoms with Crippen LogP contribution < -0.4 is 0 Å². The van der Waals surface area contributed by atoms with Gasteiger partial charge < -0.3 is 0 Å². The van der Waals surface area contributed by atoms with Crippen LogP contribution in [0.5, 0.6) is 0 Å². The lowest BCUT2D eigenvalue weighted by atomic mass is 9.92. The van der Waals surface area contributed by atoms with Gasteiger partial charge in [0.2, 0.25) is 0 Å². The second-order valence-corrected chi connectivity index (χ2v) is 4.47. The van der Waals surface area contributed by atoms with E-state index >= 15 is 0 Å². The SMILES string of the molecule is C#CCC(CCC)c1cc(Cl)cc(Cl)c1. The highest BCUT2D eigenvalue weighted by atomic mass is 35.5. The van der Waals surface area contributed by atoms with Crippen LogP contribution in [0.2, 0.25) is 10.0 Å². The largest absolute Gasteiger partial charge is 0.120 e. The minimum Gasteiger partial charge on any atom is -0.120 e. The van der Waals surface area contributed by atoms with Gasteiger partial charge in [0, 0.05) is 16.5 Å². The van der Waals surface area contributed by atoms with Gasteiger partial charge in [-0.1, -0.05) is 36.5 Å². The maximum absolute atomic E-state index is 5.96. The summed E-state index contributed by atoms with van der Waals surface area (Å²) in [6.45, 7) is 2.15. The third-order valence-corrected chi connectivity index (χ3v) is 2.79. The second kappa shape index (κ2) is 6.05. The first-order chi connectivity index (χ1) is 7.17. The van der Waals surface area contributed by atoms with Crippen LogP contribution in [0.25, 0.3) is 0 Å². The molecule has 0 aliphatic carbocycles. The van der Waals surface area contributed by atoms with Gasteiger partial charge in [0.05, 0.1) is 0 Å². The van der Waals surface area contributed by atoms with Crippen molar-refractivity contribution in [1.29, 1.82) is 0 Å². The maximum Gasteiger partial charge on any atom is 0.0423 e. The van der Waals surface area contributed by atoms with Crippen LogP contribution in [0, 0.1) is 12.3 Å². The number of halogens is 2. The van der Waals surface area contributed by atoms with Crippen molar-refractivity contribution < 1.29 is 0 Å². The molecule has 1 atom stereocenters. The highest BCUT2D eigenvalue weighted by Crippen LogP contribution is 2.29. The van der Waals surface area contributed by atoms with Crippen LogP contribution in [0.15, 0.2) is 18.2 Å². The first kappa shape index (κ1) is 12.4. The maximum atomic E-state index is 5.96. The highest BCUT2D eigenvalue weighted by molar-refractivity contribution is 6.34. The van der Waals surface area contributed by atoms with E-state index in [1.807, 2.05) is 12.1 Å². The fourth-order valence-electron chi connectivity index (χ4n) is 1.69. The topological polar surface area (TPSA) is 0 Å². The predicted molar refractivity (Wildman–Crippen MR) is 67.6 cm³/mol. The minimum absolute atomic E-state index is 0.371. The van der Waals surface area contributed by atoms with Gasteiger partial charge in [-0.05, 0) is 36.1 Å². The van der Waals surface area contributed by atoms with Crippen LogP contribution >= 0.6 is 23.2 Å². The Hall–Kier alpha value is -0.640. The molecule has 80 valence electrons. The summed E-state index contributed by atoms with van der Waals surface area (Å²) in [5, 5.41) is 1.35. The standard InChI is InChI=1S/C13H14Cl2/c1-3-5-10(6-4-2)11-7-12(14)9-13(15)8-11/h1,7-10H,4-6H2,2H3. The van der Waals surface area contributed by atoms with Crippen molar-refractivity contribution in [2.24, 2.45) is 0 Å². The van der Waals surface area contributed by atoms with Crippen molar-refractivity contribution in [1.82, 2.24) is 0 Å². The van der Waals surface area contributed by atoms with E-state index in [1.165, 1.54) is 0 Å². The lowest BCUT2D eigenvalue weighted by Gasteiger charge is -2.14. The number of terminal acetylenes is 1. The summed E-state index contributed by atoms with van der Waals surface area (Å²) in [5.41, 5.74) is 1.15.